The lowest BCUT2D eigenvalue weighted by Crippen LogP contribution is -2.34. The molecule has 8 heteroatoms. The van der Waals surface area contributed by atoms with Gasteiger partial charge in [0.1, 0.15) is 5.76 Å². The Kier molecular flexibility index (Phi) is 8.69. The van der Waals surface area contributed by atoms with Crippen molar-refractivity contribution in [2.24, 2.45) is 11.8 Å². The lowest BCUT2D eigenvalue weighted by Gasteiger charge is -2.31. The summed E-state index contributed by atoms with van der Waals surface area (Å²) in [7, 11) is 1.63. The molecule has 176 valence electrons. The van der Waals surface area contributed by atoms with Crippen LogP contribution in [-0.2, 0) is 4.79 Å². The molecule has 0 bridgehead atoms. The van der Waals surface area contributed by atoms with E-state index in [-0.39, 0.29) is 18.4 Å². The fraction of sp³-hybridized carbons (Fsp3) is 0.542. The van der Waals surface area contributed by atoms with Gasteiger partial charge in [0.25, 0.3) is 0 Å². The summed E-state index contributed by atoms with van der Waals surface area (Å²) in [5.74, 6) is 0.863. The number of carbonyl (C=O) groups excluding carboxylic acids is 1. The molecule has 2 aromatic rings. The molecule has 0 saturated heterocycles. The number of aryl methyl sites for hydroxylation is 1. The van der Waals surface area contributed by atoms with Crippen LogP contribution in [0.3, 0.4) is 0 Å². The average molecular weight is 445 g/mol. The van der Waals surface area contributed by atoms with Crippen LogP contribution in [0.25, 0.3) is 0 Å². The van der Waals surface area contributed by atoms with Crippen molar-refractivity contribution in [3.8, 4) is 0 Å². The lowest BCUT2D eigenvalue weighted by molar-refractivity contribution is -0.137. The van der Waals surface area contributed by atoms with E-state index in [1.165, 1.54) is 4.90 Å². The van der Waals surface area contributed by atoms with Gasteiger partial charge in [0.15, 0.2) is 5.82 Å². The van der Waals surface area contributed by atoms with Crippen LogP contribution in [0.2, 0.25) is 0 Å². The van der Waals surface area contributed by atoms with E-state index in [2.05, 4.69) is 43.1 Å². The molecule has 32 heavy (non-hydrogen) atoms. The van der Waals surface area contributed by atoms with Gasteiger partial charge in [-0.15, -0.1) is 0 Å². The largest absolute Gasteiger partial charge is 0.481 e. The van der Waals surface area contributed by atoms with E-state index in [0.717, 1.165) is 24.3 Å². The molecule has 1 aromatic carbocycles. The highest BCUT2D eigenvalue weighted by molar-refractivity contribution is 6.02. The van der Waals surface area contributed by atoms with E-state index in [1.54, 1.807) is 20.0 Å². The fourth-order valence-electron chi connectivity index (χ4n) is 3.58. The van der Waals surface area contributed by atoms with Gasteiger partial charge in [-0.2, -0.15) is 0 Å². The van der Waals surface area contributed by atoms with Gasteiger partial charge in [0.2, 0.25) is 0 Å². The number of carboxylic acid groups (broad SMARTS) is 1. The molecule has 2 amide bonds. The van der Waals surface area contributed by atoms with Gasteiger partial charge >= 0.3 is 12.0 Å². The van der Waals surface area contributed by atoms with E-state index in [9.17, 15) is 14.7 Å². The Hall–Kier alpha value is -3.03. The zero-order valence-electron chi connectivity index (χ0n) is 20.2. The van der Waals surface area contributed by atoms with Crippen LogP contribution in [0.1, 0.15) is 58.3 Å². The Morgan fingerprint density at radius 1 is 1.09 bits per heavy atom. The number of hydrogen-bond donors (Lipinski definition) is 2. The lowest BCUT2D eigenvalue weighted by atomic mass is 9.96. The van der Waals surface area contributed by atoms with Gasteiger partial charge in [0.05, 0.1) is 17.8 Å². The number of urea groups is 1. The number of carbonyl (C=O) groups is 2. The van der Waals surface area contributed by atoms with Gasteiger partial charge in [-0.3, -0.25) is 9.69 Å². The second-order valence-corrected chi connectivity index (χ2v) is 9.25. The summed E-state index contributed by atoms with van der Waals surface area (Å²) in [6, 6.07) is 7.16. The van der Waals surface area contributed by atoms with E-state index in [4.69, 9.17) is 4.52 Å². The second-order valence-electron chi connectivity index (χ2n) is 9.25. The van der Waals surface area contributed by atoms with Gasteiger partial charge in [-0.05, 0) is 42.4 Å². The molecule has 1 atom stereocenters. The molecular formula is C24H36N4O4. The van der Waals surface area contributed by atoms with Crippen molar-refractivity contribution in [1.29, 1.82) is 0 Å². The Bertz CT molecular complexity index is 912. The van der Waals surface area contributed by atoms with Gasteiger partial charge in [-0.25, -0.2) is 4.79 Å². The highest BCUT2D eigenvalue weighted by atomic mass is 16.5. The normalized spacial score (nSPS) is 12.2. The Morgan fingerprint density at radius 2 is 1.72 bits per heavy atom. The average Bonchev–Trinajstić information content (AvgIpc) is 3.11. The Labute approximate surface area is 190 Å². The van der Waals surface area contributed by atoms with Crippen LogP contribution in [0.5, 0.6) is 0 Å². The highest BCUT2D eigenvalue weighted by Crippen LogP contribution is 2.32. The van der Waals surface area contributed by atoms with Crippen molar-refractivity contribution in [2.75, 3.05) is 35.3 Å². The number of hydrogen-bond acceptors (Lipinski definition) is 5. The third-order valence-electron chi connectivity index (χ3n) is 5.09. The van der Waals surface area contributed by atoms with Gasteiger partial charge < -0.3 is 19.8 Å². The predicted octanol–water partition coefficient (Wildman–Crippen LogP) is 5.35. The number of nitrogens with zero attached hydrogens (tertiary/aromatic N) is 3. The second kappa shape index (κ2) is 11.0. The number of nitrogens with one attached hydrogen (secondary N) is 1. The molecule has 0 fully saturated rings. The minimum atomic E-state index is -0.852. The molecular weight excluding hydrogens is 408 g/mol. The molecule has 1 aromatic heterocycles. The Morgan fingerprint density at radius 3 is 2.22 bits per heavy atom. The van der Waals surface area contributed by atoms with E-state index in [1.807, 2.05) is 25.1 Å². The van der Waals surface area contributed by atoms with Gasteiger partial charge in [-0.1, -0.05) is 45.8 Å². The molecule has 0 aliphatic heterocycles. The highest BCUT2D eigenvalue weighted by Gasteiger charge is 2.21. The molecule has 0 aliphatic carbocycles. The number of carboxylic acids is 1. The van der Waals surface area contributed by atoms with E-state index < -0.39 is 5.97 Å². The van der Waals surface area contributed by atoms with Crippen LogP contribution in [0, 0.1) is 18.8 Å². The monoisotopic (exact) mass is 444 g/mol. The van der Waals surface area contributed by atoms with Crippen molar-refractivity contribution in [3.05, 3.63) is 35.6 Å². The first-order valence-corrected chi connectivity index (χ1v) is 11.1. The van der Waals surface area contributed by atoms with Crippen molar-refractivity contribution >= 4 is 29.2 Å². The number of aliphatic carboxylic acids is 1. The molecule has 1 unspecified atom stereocenters. The van der Waals surface area contributed by atoms with E-state index >= 15 is 0 Å². The van der Waals surface area contributed by atoms with Crippen molar-refractivity contribution < 1.29 is 19.2 Å². The maximum Gasteiger partial charge on any atom is 0.327 e. The van der Waals surface area contributed by atoms with Crippen LogP contribution < -0.4 is 15.1 Å². The molecule has 2 N–H and O–H groups in total. The fourth-order valence-corrected chi connectivity index (χ4v) is 3.58. The third kappa shape index (κ3) is 7.00. The summed E-state index contributed by atoms with van der Waals surface area (Å²) in [6.45, 7) is 14.0. The number of rotatable bonds is 10. The van der Waals surface area contributed by atoms with E-state index in [0.29, 0.717) is 29.1 Å². The first-order valence-electron chi connectivity index (χ1n) is 11.1. The molecule has 2 rings (SSSR count). The summed E-state index contributed by atoms with van der Waals surface area (Å²) in [6.07, 6.45) is 0.0204. The number of amides is 2. The molecule has 0 aliphatic rings. The van der Waals surface area contributed by atoms with Crippen LogP contribution >= 0.6 is 0 Å². The standard InChI is InChI=1S/C24H36N4O4/c1-15(2)13-28(14-16(3)4)21-9-8-19(17(5)10-23(29)30)12-20(21)25-24(31)27(7)22-11-18(6)32-26-22/h8-9,11-12,15-17H,10,13-14H2,1-7H3,(H,25,31)(H,29,30). The maximum atomic E-state index is 13.0. The molecule has 0 spiro atoms. The smallest absolute Gasteiger partial charge is 0.327 e. The van der Waals surface area contributed by atoms with Crippen LogP contribution in [0.4, 0.5) is 22.0 Å². The minimum Gasteiger partial charge on any atom is -0.481 e. The summed E-state index contributed by atoms with van der Waals surface area (Å²) in [5, 5.41) is 16.1. The molecule has 8 nitrogen and oxygen atoms in total. The zero-order valence-corrected chi connectivity index (χ0v) is 20.2. The van der Waals surface area contributed by atoms with Crippen molar-refractivity contribution in [1.82, 2.24) is 5.16 Å². The van der Waals surface area contributed by atoms with Crippen LogP contribution in [-0.4, -0.2) is 42.4 Å². The SMILES string of the molecule is Cc1cc(N(C)C(=O)Nc2cc(C(C)CC(=O)O)ccc2N(CC(C)C)CC(C)C)no1. The summed E-state index contributed by atoms with van der Waals surface area (Å²) < 4.78 is 5.09. The van der Waals surface area contributed by atoms with Crippen molar-refractivity contribution in [2.45, 2.75) is 53.9 Å². The maximum absolute atomic E-state index is 13.0. The third-order valence-corrected chi connectivity index (χ3v) is 5.09. The molecule has 0 radical (unpaired) electrons. The first kappa shape index (κ1) is 25.2. The zero-order chi connectivity index (χ0) is 24.0. The summed E-state index contributed by atoms with van der Waals surface area (Å²) in [4.78, 5) is 27.9. The predicted molar refractivity (Wildman–Crippen MR) is 128 cm³/mol. The van der Waals surface area contributed by atoms with Crippen LogP contribution in [0.15, 0.2) is 28.8 Å². The Balaban J connectivity index is 2.43. The topological polar surface area (TPSA) is 98.9 Å². The molecule has 0 saturated carbocycles. The summed E-state index contributed by atoms with van der Waals surface area (Å²) in [5.41, 5.74) is 2.43. The molecule has 1 heterocycles. The number of anilines is 3. The first-order chi connectivity index (χ1) is 15.0. The number of aromatic nitrogens is 1. The quantitative estimate of drug-likeness (QED) is 0.513. The van der Waals surface area contributed by atoms with Gasteiger partial charge in [0, 0.05) is 26.2 Å². The van der Waals surface area contributed by atoms with Crippen molar-refractivity contribution in [3.63, 3.8) is 0 Å². The minimum absolute atomic E-state index is 0.0204. The number of benzene rings is 1. The summed E-state index contributed by atoms with van der Waals surface area (Å²) >= 11 is 0.